The monoisotopic (exact) mass is 443 g/mol. The standard InChI is InChI=1S/C23H23Cl2N3O2/c1-23(2,3)16-9-4-5-12-19(16)30-21-18(11-7-13-26-21)28-22(29)27-14-15-8-6-10-17(24)20(15)25/h4-13H,14H2,1-3H3,(H2,27,28,29). The average Bonchev–Trinajstić information content (AvgIpc) is 2.70. The molecule has 3 aromatic rings. The summed E-state index contributed by atoms with van der Waals surface area (Å²) in [4.78, 5) is 16.7. The Morgan fingerprint density at radius 1 is 1.03 bits per heavy atom. The Hall–Kier alpha value is -2.76. The van der Waals surface area contributed by atoms with Crippen LogP contribution in [0.2, 0.25) is 10.0 Å². The fourth-order valence-corrected chi connectivity index (χ4v) is 3.26. The van der Waals surface area contributed by atoms with Crippen molar-refractivity contribution in [3.8, 4) is 11.6 Å². The van der Waals surface area contributed by atoms with Gasteiger partial charge in [0.25, 0.3) is 0 Å². The molecule has 5 nitrogen and oxygen atoms in total. The molecule has 2 aromatic carbocycles. The number of hydrogen-bond donors (Lipinski definition) is 2. The molecule has 2 N–H and O–H groups in total. The molecule has 0 spiro atoms. The van der Waals surface area contributed by atoms with E-state index in [1.807, 2.05) is 24.3 Å². The summed E-state index contributed by atoms with van der Waals surface area (Å²) < 4.78 is 6.07. The zero-order valence-electron chi connectivity index (χ0n) is 17.0. The van der Waals surface area contributed by atoms with Gasteiger partial charge in [-0.25, -0.2) is 9.78 Å². The first-order chi connectivity index (χ1) is 14.3. The molecule has 0 aliphatic carbocycles. The first kappa shape index (κ1) is 21.9. The van der Waals surface area contributed by atoms with Crippen molar-refractivity contribution in [1.29, 1.82) is 0 Å². The topological polar surface area (TPSA) is 63.2 Å². The van der Waals surface area contributed by atoms with Gasteiger partial charge in [0.05, 0.1) is 10.0 Å². The third-order valence-electron chi connectivity index (χ3n) is 4.39. The molecule has 156 valence electrons. The molecule has 0 unspecified atom stereocenters. The van der Waals surface area contributed by atoms with Crippen molar-refractivity contribution in [2.24, 2.45) is 0 Å². The number of nitrogens with one attached hydrogen (secondary N) is 2. The van der Waals surface area contributed by atoms with Gasteiger partial charge in [0.15, 0.2) is 0 Å². The minimum atomic E-state index is -0.409. The highest BCUT2D eigenvalue weighted by Gasteiger charge is 2.20. The quantitative estimate of drug-likeness (QED) is 0.455. The Morgan fingerprint density at radius 3 is 2.57 bits per heavy atom. The highest BCUT2D eigenvalue weighted by Crippen LogP contribution is 2.35. The lowest BCUT2D eigenvalue weighted by Gasteiger charge is -2.22. The van der Waals surface area contributed by atoms with Gasteiger partial charge in [-0.15, -0.1) is 0 Å². The lowest BCUT2D eigenvalue weighted by atomic mass is 9.86. The number of pyridine rings is 1. The second-order valence-corrected chi connectivity index (χ2v) is 8.51. The van der Waals surface area contributed by atoms with Gasteiger partial charge < -0.3 is 15.4 Å². The number of rotatable bonds is 5. The normalized spacial score (nSPS) is 11.1. The van der Waals surface area contributed by atoms with Crippen molar-refractivity contribution >= 4 is 34.9 Å². The van der Waals surface area contributed by atoms with Crippen LogP contribution in [0.4, 0.5) is 10.5 Å². The Balaban J connectivity index is 1.73. The predicted molar refractivity (Wildman–Crippen MR) is 122 cm³/mol. The summed E-state index contributed by atoms with van der Waals surface area (Å²) in [5.74, 6) is 1.00. The summed E-state index contributed by atoms with van der Waals surface area (Å²) >= 11 is 12.2. The Bertz CT molecular complexity index is 1050. The predicted octanol–water partition coefficient (Wildman–Crippen LogP) is 6.80. The number of carbonyl (C=O) groups excluding carboxylic acids is 1. The van der Waals surface area contributed by atoms with E-state index >= 15 is 0 Å². The van der Waals surface area contributed by atoms with Crippen molar-refractivity contribution in [2.45, 2.75) is 32.7 Å². The maximum Gasteiger partial charge on any atom is 0.319 e. The molecule has 0 saturated heterocycles. The van der Waals surface area contributed by atoms with Crippen LogP contribution in [-0.4, -0.2) is 11.0 Å². The number of carbonyl (C=O) groups is 1. The van der Waals surface area contributed by atoms with E-state index in [0.29, 0.717) is 27.4 Å². The number of aromatic nitrogens is 1. The number of anilines is 1. The molecule has 7 heteroatoms. The van der Waals surface area contributed by atoms with Gasteiger partial charge in [-0.3, -0.25) is 0 Å². The van der Waals surface area contributed by atoms with Crippen molar-refractivity contribution in [3.05, 3.63) is 82.0 Å². The third kappa shape index (κ3) is 5.43. The zero-order chi connectivity index (χ0) is 21.7. The molecule has 0 bridgehead atoms. The maximum absolute atomic E-state index is 12.4. The van der Waals surface area contributed by atoms with Gasteiger partial charge in [0.2, 0.25) is 5.88 Å². The summed E-state index contributed by atoms with van der Waals surface area (Å²) in [5, 5.41) is 6.41. The molecule has 0 saturated carbocycles. The van der Waals surface area contributed by atoms with Gasteiger partial charge in [-0.2, -0.15) is 0 Å². The van der Waals surface area contributed by atoms with Crippen LogP contribution in [0, 0.1) is 0 Å². The lowest BCUT2D eigenvalue weighted by molar-refractivity contribution is 0.251. The summed E-state index contributed by atoms with van der Waals surface area (Å²) in [6, 6.07) is 16.1. The number of urea groups is 1. The Labute approximate surface area is 186 Å². The lowest BCUT2D eigenvalue weighted by Crippen LogP contribution is -2.28. The summed E-state index contributed by atoms with van der Waals surface area (Å²) in [7, 11) is 0. The Kier molecular flexibility index (Phi) is 6.85. The number of para-hydroxylation sites is 1. The molecular formula is C23H23Cl2N3O2. The molecule has 1 aromatic heterocycles. The molecule has 0 aliphatic heterocycles. The van der Waals surface area contributed by atoms with Crippen LogP contribution >= 0.6 is 23.2 Å². The maximum atomic E-state index is 12.4. The highest BCUT2D eigenvalue weighted by atomic mass is 35.5. The summed E-state index contributed by atoms with van der Waals surface area (Å²) in [6.45, 7) is 6.57. The van der Waals surface area contributed by atoms with E-state index in [0.717, 1.165) is 11.1 Å². The fourth-order valence-electron chi connectivity index (χ4n) is 2.87. The fraction of sp³-hybridized carbons (Fsp3) is 0.217. The van der Waals surface area contributed by atoms with E-state index in [1.54, 1.807) is 36.5 Å². The smallest absolute Gasteiger partial charge is 0.319 e. The largest absolute Gasteiger partial charge is 0.437 e. The van der Waals surface area contributed by atoms with Gasteiger partial charge in [-0.1, -0.05) is 74.3 Å². The van der Waals surface area contributed by atoms with E-state index < -0.39 is 6.03 Å². The first-order valence-corrected chi connectivity index (χ1v) is 10.2. The SMILES string of the molecule is CC(C)(C)c1ccccc1Oc1ncccc1NC(=O)NCc1cccc(Cl)c1Cl. The molecule has 30 heavy (non-hydrogen) atoms. The summed E-state index contributed by atoms with van der Waals surface area (Å²) in [5.41, 5.74) is 2.12. The van der Waals surface area contributed by atoms with E-state index in [-0.39, 0.29) is 12.0 Å². The van der Waals surface area contributed by atoms with Crippen molar-refractivity contribution in [2.75, 3.05) is 5.32 Å². The average molecular weight is 444 g/mol. The minimum Gasteiger partial charge on any atom is -0.437 e. The van der Waals surface area contributed by atoms with Crippen LogP contribution in [0.5, 0.6) is 11.6 Å². The molecular weight excluding hydrogens is 421 g/mol. The second-order valence-electron chi connectivity index (χ2n) is 7.72. The third-order valence-corrected chi connectivity index (χ3v) is 5.25. The first-order valence-electron chi connectivity index (χ1n) is 9.46. The van der Waals surface area contributed by atoms with Crippen LogP contribution in [0.3, 0.4) is 0 Å². The van der Waals surface area contributed by atoms with Crippen molar-refractivity contribution in [3.63, 3.8) is 0 Å². The van der Waals surface area contributed by atoms with E-state index in [2.05, 4.69) is 36.4 Å². The highest BCUT2D eigenvalue weighted by molar-refractivity contribution is 6.42. The van der Waals surface area contributed by atoms with Gasteiger partial charge in [0, 0.05) is 18.3 Å². The summed E-state index contributed by atoms with van der Waals surface area (Å²) in [6.07, 6.45) is 1.61. The van der Waals surface area contributed by atoms with Crippen molar-refractivity contribution < 1.29 is 9.53 Å². The van der Waals surface area contributed by atoms with Crippen LogP contribution in [0.15, 0.2) is 60.8 Å². The number of ether oxygens (including phenoxy) is 1. The molecule has 1 heterocycles. The molecule has 0 atom stereocenters. The number of nitrogens with zero attached hydrogens (tertiary/aromatic N) is 1. The zero-order valence-corrected chi connectivity index (χ0v) is 18.5. The Morgan fingerprint density at radius 2 is 1.80 bits per heavy atom. The van der Waals surface area contributed by atoms with Crippen molar-refractivity contribution in [1.82, 2.24) is 10.3 Å². The van der Waals surface area contributed by atoms with Crippen LogP contribution < -0.4 is 15.4 Å². The van der Waals surface area contributed by atoms with Crippen LogP contribution in [-0.2, 0) is 12.0 Å². The second kappa shape index (κ2) is 9.37. The molecule has 3 rings (SSSR count). The number of amides is 2. The number of halogens is 2. The van der Waals surface area contributed by atoms with Gasteiger partial charge in [0.1, 0.15) is 11.4 Å². The molecule has 0 aliphatic rings. The van der Waals surface area contributed by atoms with E-state index in [1.165, 1.54) is 0 Å². The van der Waals surface area contributed by atoms with Gasteiger partial charge >= 0.3 is 6.03 Å². The van der Waals surface area contributed by atoms with E-state index in [9.17, 15) is 4.79 Å². The van der Waals surface area contributed by atoms with Gasteiger partial charge in [-0.05, 0) is 35.2 Å². The number of hydrogen-bond acceptors (Lipinski definition) is 3. The van der Waals surface area contributed by atoms with Crippen LogP contribution in [0.1, 0.15) is 31.9 Å². The molecule has 0 radical (unpaired) electrons. The molecule has 0 fully saturated rings. The molecule has 2 amide bonds. The number of benzene rings is 2. The minimum absolute atomic E-state index is 0.105. The van der Waals surface area contributed by atoms with Crippen LogP contribution in [0.25, 0.3) is 0 Å². The van der Waals surface area contributed by atoms with E-state index in [4.69, 9.17) is 27.9 Å².